The zero-order valence-corrected chi connectivity index (χ0v) is 17.5. The van der Waals surface area contributed by atoms with Crippen molar-refractivity contribution in [2.75, 3.05) is 12.4 Å². The monoisotopic (exact) mass is 429 g/mol. The minimum Gasteiger partial charge on any atom is -0.424 e. The highest BCUT2D eigenvalue weighted by Gasteiger charge is 2.37. The van der Waals surface area contributed by atoms with Gasteiger partial charge in [0.15, 0.2) is 10.9 Å². The lowest BCUT2D eigenvalue weighted by atomic mass is 10.2. The summed E-state index contributed by atoms with van der Waals surface area (Å²) >= 11 is 1.17. The van der Waals surface area contributed by atoms with Gasteiger partial charge in [0, 0.05) is 20.4 Å². The molecule has 9 heteroatoms. The van der Waals surface area contributed by atoms with Gasteiger partial charge >= 0.3 is 5.97 Å². The molecular formula is C21H20FN3O4S. The topological polar surface area (TPSA) is 88.1 Å². The second-order valence-electron chi connectivity index (χ2n) is 6.72. The first kappa shape index (κ1) is 21.5. The maximum Gasteiger partial charge on any atom is 0.308 e. The molecule has 2 aromatic carbocycles. The number of amides is 2. The molecule has 1 aliphatic rings. The largest absolute Gasteiger partial charge is 0.424 e. The molecule has 0 radical (unpaired) electrons. The molecule has 0 saturated carbocycles. The van der Waals surface area contributed by atoms with Crippen molar-refractivity contribution in [1.29, 1.82) is 0 Å². The van der Waals surface area contributed by atoms with Crippen molar-refractivity contribution in [2.24, 2.45) is 4.99 Å². The predicted molar refractivity (Wildman–Crippen MR) is 113 cm³/mol. The number of halogens is 1. The smallest absolute Gasteiger partial charge is 0.308 e. The number of aryl methyl sites for hydroxylation is 1. The Morgan fingerprint density at radius 3 is 2.60 bits per heavy atom. The zero-order chi connectivity index (χ0) is 21.8. The third-order valence-electron chi connectivity index (χ3n) is 4.23. The van der Waals surface area contributed by atoms with Gasteiger partial charge in [0.2, 0.25) is 11.8 Å². The molecule has 7 nitrogen and oxygen atoms in total. The molecule has 0 unspecified atom stereocenters. The van der Waals surface area contributed by atoms with Crippen LogP contribution >= 0.6 is 11.8 Å². The Kier molecular flexibility index (Phi) is 6.51. The first-order valence-electron chi connectivity index (χ1n) is 9.10. The summed E-state index contributed by atoms with van der Waals surface area (Å²) in [6.07, 6.45) is -0.0796. The van der Waals surface area contributed by atoms with Gasteiger partial charge in [0.05, 0.1) is 11.4 Å². The fourth-order valence-corrected chi connectivity index (χ4v) is 3.93. The summed E-state index contributed by atoms with van der Waals surface area (Å²) in [7, 11) is 1.58. The van der Waals surface area contributed by atoms with Crippen molar-refractivity contribution in [3.8, 4) is 5.75 Å². The van der Waals surface area contributed by atoms with Crippen LogP contribution in [0.4, 0.5) is 15.8 Å². The van der Waals surface area contributed by atoms with E-state index in [0.29, 0.717) is 16.5 Å². The number of anilines is 1. The van der Waals surface area contributed by atoms with Gasteiger partial charge in [-0.25, -0.2) is 9.38 Å². The number of hydrogen-bond acceptors (Lipinski definition) is 6. The first-order chi connectivity index (χ1) is 14.2. The number of rotatable bonds is 5. The third-order valence-corrected chi connectivity index (χ3v) is 5.45. The van der Waals surface area contributed by atoms with E-state index in [1.807, 2.05) is 6.92 Å². The summed E-state index contributed by atoms with van der Waals surface area (Å²) in [5.41, 5.74) is 1.75. The minimum absolute atomic E-state index is 0.0796. The molecule has 3 rings (SSSR count). The second-order valence-corrected chi connectivity index (χ2v) is 7.89. The van der Waals surface area contributed by atoms with Crippen LogP contribution in [0, 0.1) is 12.7 Å². The molecule has 0 aliphatic carbocycles. The summed E-state index contributed by atoms with van der Waals surface area (Å²) in [6, 6.07) is 10.6. The number of nitrogens with zero attached hydrogens (tertiary/aromatic N) is 2. The summed E-state index contributed by atoms with van der Waals surface area (Å²) in [6.45, 7) is 3.12. The highest BCUT2D eigenvalue weighted by molar-refractivity contribution is 8.15. The van der Waals surface area contributed by atoms with Crippen molar-refractivity contribution in [2.45, 2.75) is 25.5 Å². The van der Waals surface area contributed by atoms with E-state index in [-0.39, 0.29) is 23.9 Å². The molecule has 0 bridgehead atoms. The molecule has 2 aromatic rings. The van der Waals surface area contributed by atoms with Crippen LogP contribution in [0.5, 0.6) is 5.75 Å². The van der Waals surface area contributed by atoms with Crippen molar-refractivity contribution >= 4 is 46.1 Å². The second kappa shape index (κ2) is 9.08. The maximum atomic E-state index is 13.1. The minimum atomic E-state index is -0.642. The molecule has 0 aromatic heterocycles. The van der Waals surface area contributed by atoms with Crippen molar-refractivity contribution in [3.63, 3.8) is 0 Å². The number of nitrogens with one attached hydrogen (secondary N) is 1. The van der Waals surface area contributed by atoms with E-state index in [0.717, 1.165) is 5.56 Å². The number of amidine groups is 1. The lowest BCUT2D eigenvalue weighted by molar-refractivity contribution is -0.132. The number of aliphatic imine (C=N–C) groups is 1. The molecule has 1 heterocycles. The molecular weight excluding hydrogens is 409 g/mol. The van der Waals surface area contributed by atoms with E-state index >= 15 is 0 Å². The fraction of sp³-hybridized carbons (Fsp3) is 0.238. The molecule has 1 fully saturated rings. The Bertz CT molecular complexity index is 1020. The standard InChI is InChI=1S/C21H20FN3O4S/c1-12-4-9-17(29-13(2)26)16(10-12)24-19(27)11-18-20(28)25(3)21(30-18)23-15-7-5-14(22)6-8-15/h4-10,18H,11H2,1-3H3,(H,24,27)/t18-/m0/s1. The molecule has 156 valence electrons. The van der Waals surface area contributed by atoms with Crippen LogP contribution in [0.3, 0.4) is 0 Å². The van der Waals surface area contributed by atoms with Crippen LogP contribution in [0.15, 0.2) is 47.5 Å². The quantitative estimate of drug-likeness (QED) is 0.579. The Morgan fingerprint density at radius 2 is 1.93 bits per heavy atom. The molecule has 30 heavy (non-hydrogen) atoms. The van der Waals surface area contributed by atoms with Gasteiger partial charge in [-0.15, -0.1) is 0 Å². The van der Waals surface area contributed by atoms with E-state index in [9.17, 15) is 18.8 Å². The van der Waals surface area contributed by atoms with Gasteiger partial charge < -0.3 is 10.1 Å². The van der Waals surface area contributed by atoms with Gasteiger partial charge in [0.25, 0.3) is 0 Å². The van der Waals surface area contributed by atoms with Gasteiger partial charge in [-0.2, -0.15) is 0 Å². The number of thioether (sulfide) groups is 1. The van der Waals surface area contributed by atoms with Gasteiger partial charge in [-0.3, -0.25) is 19.3 Å². The lowest BCUT2D eigenvalue weighted by Gasteiger charge is -2.12. The van der Waals surface area contributed by atoms with Crippen LogP contribution in [0.2, 0.25) is 0 Å². The summed E-state index contributed by atoms with van der Waals surface area (Å²) < 4.78 is 18.2. The molecule has 1 atom stereocenters. The van der Waals surface area contributed by atoms with Gasteiger partial charge in [-0.05, 0) is 48.9 Å². The van der Waals surface area contributed by atoms with Crippen LogP contribution < -0.4 is 10.1 Å². The number of carbonyl (C=O) groups excluding carboxylic acids is 3. The molecule has 2 amide bonds. The SMILES string of the molecule is CC(=O)Oc1ccc(C)cc1NC(=O)C[C@@H]1SC(=Nc2ccc(F)cc2)N(C)C1=O. The number of benzene rings is 2. The average Bonchev–Trinajstić information content (AvgIpc) is 2.93. The molecule has 0 spiro atoms. The summed E-state index contributed by atoms with van der Waals surface area (Å²) in [5, 5.41) is 2.50. The van der Waals surface area contributed by atoms with Gasteiger partial charge in [-0.1, -0.05) is 17.8 Å². The van der Waals surface area contributed by atoms with Crippen LogP contribution in [-0.4, -0.2) is 40.1 Å². The van der Waals surface area contributed by atoms with E-state index in [1.165, 1.54) is 47.9 Å². The number of esters is 1. The van der Waals surface area contributed by atoms with E-state index < -0.39 is 17.1 Å². The number of ether oxygens (including phenoxy) is 1. The van der Waals surface area contributed by atoms with Crippen molar-refractivity contribution in [1.82, 2.24) is 4.90 Å². The third kappa shape index (κ3) is 5.24. The molecule has 1 N–H and O–H groups in total. The van der Waals surface area contributed by atoms with E-state index in [4.69, 9.17) is 4.74 Å². The first-order valence-corrected chi connectivity index (χ1v) is 9.98. The van der Waals surface area contributed by atoms with E-state index in [1.54, 1.807) is 25.2 Å². The van der Waals surface area contributed by atoms with Crippen LogP contribution in [-0.2, 0) is 14.4 Å². The zero-order valence-electron chi connectivity index (χ0n) is 16.6. The molecule has 1 saturated heterocycles. The Labute approximate surface area is 177 Å². The van der Waals surface area contributed by atoms with Crippen molar-refractivity contribution < 1.29 is 23.5 Å². The maximum absolute atomic E-state index is 13.1. The Morgan fingerprint density at radius 1 is 1.23 bits per heavy atom. The highest BCUT2D eigenvalue weighted by atomic mass is 32.2. The van der Waals surface area contributed by atoms with Crippen molar-refractivity contribution in [3.05, 3.63) is 53.8 Å². The van der Waals surface area contributed by atoms with Gasteiger partial charge in [0.1, 0.15) is 11.1 Å². The summed E-state index contributed by atoms with van der Waals surface area (Å²) in [5.74, 6) is -1.28. The Hall–Kier alpha value is -3.20. The summed E-state index contributed by atoms with van der Waals surface area (Å²) in [4.78, 5) is 42.1. The number of carbonyl (C=O) groups is 3. The lowest BCUT2D eigenvalue weighted by Crippen LogP contribution is -2.30. The van der Waals surface area contributed by atoms with E-state index in [2.05, 4.69) is 10.3 Å². The van der Waals surface area contributed by atoms with Crippen LogP contribution in [0.1, 0.15) is 18.9 Å². The number of hydrogen-bond donors (Lipinski definition) is 1. The fourth-order valence-electron chi connectivity index (χ4n) is 2.78. The average molecular weight is 429 g/mol. The Balaban J connectivity index is 1.70. The van der Waals surface area contributed by atoms with Crippen LogP contribution in [0.25, 0.3) is 0 Å². The predicted octanol–water partition coefficient (Wildman–Crippen LogP) is 3.65. The molecule has 1 aliphatic heterocycles. The normalized spacial score (nSPS) is 17.3. The highest BCUT2D eigenvalue weighted by Crippen LogP contribution is 2.32.